The summed E-state index contributed by atoms with van der Waals surface area (Å²) in [4.78, 5) is 12.5. The lowest BCUT2D eigenvalue weighted by Crippen LogP contribution is -2.45. The van der Waals surface area contributed by atoms with Gasteiger partial charge in [0.15, 0.2) is 9.84 Å². The van der Waals surface area contributed by atoms with Gasteiger partial charge in [0.25, 0.3) is 5.91 Å². The van der Waals surface area contributed by atoms with Gasteiger partial charge in [-0.2, -0.15) is 0 Å². The highest BCUT2D eigenvalue weighted by molar-refractivity contribution is 7.90. The molecule has 2 N–H and O–H groups in total. The van der Waals surface area contributed by atoms with Crippen molar-refractivity contribution in [3.8, 4) is 0 Å². The van der Waals surface area contributed by atoms with E-state index in [2.05, 4.69) is 5.32 Å². The van der Waals surface area contributed by atoms with Crippen LogP contribution in [0.25, 0.3) is 0 Å². The lowest BCUT2D eigenvalue weighted by Gasteiger charge is -2.34. The summed E-state index contributed by atoms with van der Waals surface area (Å²) in [6, 6.07) is 15.2. The molecule has 0 unspecified atom stereocenters. The average Bonchev–Trinajstić information content (AvgIpc) is 2.58. The van der Waals surface area contributed by atoms with Crippen LogP contribution in [0.4, 0.5) is 0 Å². The predicted octanol–water partition coefficient (Wildman–Crippen LogP) is 2.16. The van der Waals surface area contributed by atoms with E-state index >= 15 is 0 Å². The fraction of sp³-hybridized carbons (Fsp3) is 0.316. The lowest BCUT2D eigenvalue weighted by molar-refractivity contribution is 0.0832. The van der Waals surface area contributed by atoms with Crippen LogP contribution in [0.3, 0.4) is 0 Å². The van der Waals surface area contributed by atoms with Gasteiger partial charge in [0, 0.05) is 18.2 Å². The van der Waals surface area contributed by atoms with Crippen LogP contribution in [-0.4, -0.2) is 32.1 Å². The van der Waals surface area contributed by atoms with Crippen LogP contribution in [0.15, 0.2) is 59.5 Å². The van der Waals surface area contributed by atoms with Crippen molar-refractivity contribution in [2.45, 2.75) is 29.5 Å². The molecule has 0 bridgehead atoms. The maximum absolute atomic E-state index is 12.6. The van der Waals surface area contributed by atoms with Gasteiger partial charge in [-0.3, -0.25) is 4.79 Å². The minimum Gasteiger partial charge on any atom is -0.396 e. The van der Waals surface area contributed by atoms with E-state index in [4.69, 9.17) is 5.11 Å². The van der Waals surface area contributed by atoms with Crippen molar-refractivity contribution in [3.63, 3.8) is 0 Å². The van der Waals surface area contributed by atoms with Crippen molar-refractivity contribution in [1.82, 2.24) is 5.32 Å². The van der Waals surface area contributed by atoms with Crippen molar-refractivity contribution in [3.05, 3.63) is 65.7 Å². The van der Waals surface area contributed by atoms with Crippen molar-refractivity contribution >= 4 is 15.7 Å². The van der Waals surface area contributed by atoms with E-state index in [1.807, 2.05) is 6.07 Å². The van der Waals surface area contributed by atoms with Gasteiger partial charge in [-0.05, 0) is 42.5 Å². The zero-order valence-corrected chi connectivity index (χ0v) is 14.6. The molecule has 1 aliphatic rings. The second kappa shape index (κ2) is 7.37. The fourth-order valence-electron chi connectivity index (χ4n) is 2.98. The quantitative estimate of drug-likeness (QED) is 0.828. The highest BCUT2D eigenvalue weighted by Gasteiger charge is 2.30. The highest BCUT2D eigenvalue weighted by atomic mass is 32.2. The minimum atomic E-state index is -3.52. The van der Waals surface area contributed by atoms with Crippen LogP contribution in [0.1, 0.15) is 28.8 Å². The summed E-state index contributed by atoms with van der Waals surface area (Å²) in [6.45, 7) is 0.138. The predicted molar refractivity (Wildman–Crippen MR) is 94.8 cm³/mol. The molecule has 0 saturated heterocycles. The summed E-state index contributed by atoms with van der Waals surface area (Å²) < 4.78 is 25.2. The van der Waals surface area contributed by atoms with Gasteiger partial charge in [0.1, 0.15) is 0 Å². The molecule has 0 atom stereocenters. The van der Waals surface area contributed by atoms with E-state index in [-0.39, 0.29) is 35.1 Å². The first-order chi connectivity index (χ1) is 12.0. The van der Waals surface area contributed by atoms with E-state index in [1.54, 1.807) is 36.4 Å². The van der Waals surface area contributed by atoms with Crippen molar-refractivity contribution < 1.29 is 18.3 Å². The van der Waals surface area contributed by atoms with Crippen molar-refractivity contribution in [2.75, 3.05) is 6.61 Å². The van der Waals surface area contributed by atoms with Crippen LogP contribution in [0, 0.1) is 5.92 Å². The van der Waals surface area contributed by atoms with Gasteiger partial charge in [-0.1, -0.05) is 36.4 Å². The molecule has 0 heterocycles. The van der Waals surface area contributed by atoms with Crippen LogP contribution in [0.2, 0.25) is 0 Å². The number of carbonyl (C=O) groups is 1. The van der Waals surface area contributed by atoms with Gasteiger partial charge in [-0.25, -0.2) is 8.42 Å². The summed E-state index contributed by atoms with van der Waals surface area (Å²) in [5, 5.41) is 11.9. The number of benzene rings is 2. The standard InChI is InChI=1S/C19H21NO4S/c21-12-15-9-17(10-15)20-19(22)16-7-4-8-18(11-16)25(23,24)13-14-5-2-1-3-6-14/h1-8,11,15,17,21H,9-10,12-13H2,(H,20,22). The maximum Gasteiger partial charge on any atom is 0.251 e. The Bertz CT molecular complexity index is 843. The first-order valence-electron chi connectivity index (χ1n) is 8.26. The number of aliphatic hydroxyl groups is 1. The molecule has 0 radical (unpaired) electrons. The number of carbonyl (C=O) groups excluding carboxylic acids is 1. The number of rotatable bonds is 6. The number of amides is 1. The third kappa shape index (κ3) is 4.27. The molecular weight excluding hydrogens is 338 g/mol. The molecule has 2 aromatic rings. The smallest absolute Gasteiger partial charge is 0.251 e. The number of aliphatic hydroxyl groups excluding tert-OH is 1. The molecule has 6 heteroatoms. The Labute approximate surface area is 147 Å². The van der Waals surface area contributed by atoms with Gasteiger partial charge >= 0.3 is 0 Å². The summed E-state index contributed by atoms with van der Waals surface area (Å²) in [5.41, 5.74) is 1.04. The third-order valence-corrected chi connectivity index (χ3v) is 6.17. The topological polar surface area (TPSA) is 83.5 Å². The van der Waals surface area contributed by atoms with E-state index in [0.717, 1.165) is 12.8 Å². The van der Waals surface area contributed by atoms with E-state index in [9.17, 15) is 13.2 Å². The molecule has 1 aliphatic carbocycles. The number of sulfone groups is 1. The molecule has 3 rings (SSSR count). The molecular formula is C19H21NO4S. The molecule has 0 aliphatic heterocycles. The molecule has 5 nitrogen and oxygen atoms in total. The monoisotopic (exact) mass is 359 g/mol. The first kappa shape index (κ1) is 17.6. The van der Waals surface area contributed by atoms with Crippen LogP contribution >= 0.6 is 0 Å². The fourth-order valence-corrected chi connectivity index (χ4v) is 4.37. The van der Waals surface area contributed by atoms with Crippen LogP contribution < -0.4 is 5.32 Å². The average molecular weight is 359 g/mol. The summed E-state index contributed by atoms with van der Waals surface area (Å²) in [5.74, 6) is -0.124. The van der Waals surface area contributed by atoms with Crippen LogP contribution in [-0.2, 0) is 15.6 Å². The highest BCUT2D eigenvalue weighted by Crippen LogP contribution is 2.27. The largest absolute Gasteiger partial charge is 0.396 e. The Morgan fingerprint density at radius 2 is 1.80 bits per heavy atom. The Balaban J connectivity index is 1.71. The molecule has 1 fully saturated rings. The van der Waals surface area contributed by atoms with Crippen molar-refractivity contribution in [2.24, 2.45) is 5.92 Å². The number of hydrogen-bond acceptors (Lipinski definition) is 4. The molecule has 1 amide bonds. The SMILES string of the molecule is O=C(NC1CC(CO)C1)c1cccc(S(=O)(=O)Cc2ccccc2)c1. The van der Waals surface area contributed by atoms with E-state index < -0.39 is 9.84 Å². The second-order valence-corrected chi connectivity index (χ2v) is 8.45. The zero-order chi connectivity index (χ0) is 17.9. The molecule has 25 heavy (non-hydrogen) atoms. The first-order valence-corrected chi connectivity index (χ1v) is 9.91. The molecule has 1 saturated carbocycles. The molecule has 2 aromatic carbocycles. The second-order valence-electron chi connectivity index (χ2n) is 6.46. The van der Waals surface area contributed by atoms with E-state index in [1.165, 1.54) is 12.1 Å². The van der Waals surface area contributed by atoms with Crippen LogP contribution in [0.5, 0.6) is 0 Å². The Hall–Kier alpha value is -2.18. The van der Waals surface area contributed by atoms with Gasteiger partial charge in [0.05, 0.1) is 10.6 Å². The third-order valence-electron chi connectivity index (χ3n) is 4.48. The Kier molecular flexibility index (Phi) is 5.20. The number of hydrogen-bond donors (Lipinski definition) is 2. The normalized spacial score (nSPS) is 19.9. The Morgan fingerprint density at radius 3 is 2.48 bits per heavy atom. The van der Waals surface area contributed by atoms with Gasteiger partial charge in [-0.15, -0.1) is 0 Å². The van der Waals surface area contributed by atoms with Crippen molar-refractivity contribution in [1.29, 1.82) is 0 Å². The van der Waals surface area contributed by atoms with E-state index in [0.29, 0.717) is 11.1 Å². The molecule has 0 aromatic heterocycles. The zero-order valence-electron chi connectivity index (χ0n) is 13.8. The molecule has 0 spiro atoms. The van der Waals surface area contributed by atoms with Gasteiger partial charge in [0.2, 0.25) is 0 Å². The molecule has 132 valence electrons. The maximum atomic E-state index is 12.6. The summed E-state index contributed by atoms with van der Waals surface area (Å²) in [7, 11) is -3.52. The minimum absolute atomic E-state index is 0.0502. The number of nitrogens with one attached hydrogen (secondary N) is 1. The lowest BCUT2D eigenvalue weighted by atomic mass is 9.81. The van der Waals surface area contributed by atoms with Gasteiger partial charge < -0.3 is 10.4 Å². The summed E-state index contributed by atoms with van der Waals surface area (Å²) >= 11 is 0. The summed E-state index contributed by atoms with van der Waals surface area (Å²) in [6.07, 6.45) is 1.52. The Morgan fingerprint density at radius 1 is 1.08 bits per heavy atom.